The first-order chi connectivity index (χ1) is 11.6. The molecule has 1 aliphatic heterocycles. The minimum Gasteiger partial charge on any atom is -0.325 e. The van der Waals surface area contributed by atoms with Crippen LogP contribution in [0, 0.1) is 0 Å². The van der Waals surface area contributed by atoms with Crippen molar-refractivity contribution in [2.45, 2.75) is 25.0 Å². The Hall–Kier alpha value is -2.34. The van der Waals surface area contributed by atoms with E-state index < -0.39 is 5.25 Å². The van der Waals surface area contributed by atoms with Gasteiger partial charge in [0, 0.05) is 24.0 Å². The molecule has 1 saturated heterocycles. The topological polar surface area (TPSA) is 66.5 Å². The van der Waals surface area contributed by atoms with E-state index in [1.54, 1.807) is 0 Å². The van der Waals surface area contributed by atoms with E-state index in [4.69, 9.17) is 0 Å². The van der Waals surface area contributed by atoms with Gasteiger partial charge in [-0.2, -0.15) is 0 Å². The molecule has 2 aromatic carbocycles. The van der Waals surface area contributed by atoms with Gasteiger partial charge in [-0.3, -0.25) is 19.3 Å². The van der Waals surface area contributed by atoms with Crippen LogP contribution in [0.25, 0.3) is 10.8 Å². The third-order valence-corrected chi connectivity index (χ3v) is 4.96. The zero-order chi connectivity index (χ0) is 17.1. The Morgan fingerprint density at radius 1 is 1.17 bits per heavy atom. The number of hydrogen-bond acceptors (Lipinski definition) is 4. The predicted molar refractivity (Wildman–Crippen MR) is 96.0 cm³/mol. The molecule has 1 atom stereocenters. The summed E-state index contributed by atoms with van der Waals surface area (Å²) in [5, 5.41) is 3.95. The van der Waals surface area contributed by atoms with E-state index in [1.807, 2.05) is 49.4 Å². The largest absolute Gasteiger partial charge is 0.325 e. The van der Waals surface area contributed by atoms with E-state index in [-0.39, 0.29) is 23.5 Å². The fraction of sp³-hybridized carbons (Fsp3) is 0.278. The van der Waals surface area contributed by atoms with Gasteiger partial charge in [-0.25, -0.2) is 0 Å². The number of anilines is 1. The second-order valence-electron chi connectivity index (χ2n) is 5.64. The number of imide groups is 1. The standard InChI is InChI=1S/C18H18N2O3S/c1-2-10-20-17(22)15(24-18(20)23)11-16(21)19-14-9-5-7-12-6-3-4-8-13(12)14/h3-9,15H,2,10-11H2,1H3,(H,19,21)/t15-/m0/s1. The average molecular weight is 342 g/mol. The molecule has 24 heavy (non-hydrogen) atoms. The van der Waals surface area contributed by atoms with Gasteiger partial charge in [-0.1, -0.05) is 55.1 Å². The first kappa shape index (κ1) is 16.5. The number of benzene rings is 2. The Bertz CT molecular complexity index is 800. The van der Waals surface area contributed by atoms with Crippen LogP contribution in [0.5, 0.6) is 0 Å². The van der Waals surface area contributed by atoms with Crippen molar-refractivity contribution in [2.75, 3.05) is 11.9 Å². The third-order valence-electron chi connectivity index (χ3n) is 3.89. The monoisotopic (exact) mass is 342 g/mol. The van der Waals surface area contributed by atoms with Gasteiger partial charge in [0.15, 0.2) is 0 Å². The predicted octanol–water partition coefficient (Wildman–Crippen LogP) is 3.64. The number of carbonyl (C=O) groups is 3. The Kier molecular flexibility index (Phi) is 4.85. The molecule has 0 saturated carbocycles. The van der Waals surface area contributed by atoms with Crippen LogP contribution in [0.1, 0.15) is 19.8 Å². The van der Waals surface area contributed by atoms with Gasteiger partial charge in [-0.15, -0.1) is 0 Å². The maximum atomic E-state index is 12.3. The lowest BCUT2D eigenvalue weighted by molar-refractivity contribution is -0.128. The molecule has 6 heteroatoms. The fourth-order valence-corrected chi connectivity index (χ4v) is 3.77. The summed E-state index contributed by atoms with van der Waals surface area (Å²) in [6, 6.07) is 13.4. The number of thioether (sulfide) groups is 1. The van der Waals surface area contributed by atoms with E-state index in [9.17, 15) is 14.4 Å². The van der Waals surface area contributed by atoms with Crippen molar-refractivity contribution < 1.29 is 14.4 Å². The number of fused-ring (bicyclic) bond motifs is 1. The first-order valence-electron chi connectivity index (χ1n) is 7.89. The zero-order valence-corrected chi connectivity index (χ0v) is 14.1. The number of carbonyl (C=O) groups excluding carboxylic acids is 3. The van der Waals surface area contributed by atoms with Crippen molar-refractivity contribution >= 4 is 45.3 Å². The lowest BCUT2D eigenvalue weighted by atomic mass is 10.1. The van der Waals surface area contributed by atoms with Crippen LogP contribution >= 0.6 is 11.8 Å². The summed E-state index contributed by atoms with van der Waals surface area (Å²) in [6.45, 7) is 2.32. The average Bonchev–Trinajstić information content (AvgIpc) is 2.83. The van der Waals surface area contributed by atoms with Gasteiger partial charge in [0.1, 0.15) is 5.25 Å². The summed E-state index contributed by atoms with van der Waals surface area (Å²) in [5.74, 6) is -0.525. The lowest BCUT2D eigenvalue weighted by Crippen LogP contribution is -2.33. The van der Waals surface area contributed by atoms with Crippen LogP contribution in [0.15, 0.2) is 42.5 Å². The van der Waals surface area contributed by atoms with Crippen molar-refractivity contribution in [3.05, 3.63) is 42.5 Å². The first-order valence-corrected chi connectivity index (χ1v) is 8.77. The van der Waals surface area contributed by atoms with Crippen LogP contribution in [0.4, 0.5) is 10.5 Å². The van der Waals surface area contributed by atoms with Crippen molar-refractivity contribution in [1.29, 1.82) is 0 Å². The molecule has 124 valence electrons. The summed E-state index contributed by atoms with van der Waals surface area (Å²) in [7, 11) is 0. The van der Waals surface area contributed by atoms with Gasteiger partial charge in [-0.05, 0) is 17.9 Å². The molecule has 3 rings (SSSR count). The highest BCUT2D eigenvalue weighted by molar-refractivity contribution is 8.15. The van der Waals surface area contributed by atoms with Gasteiger partial charge < -0.3 is 5.32 Å². The highest BCUT2D eigenvalue weighted by atomic mass is 32.2. The Balaban J connectivity index is 1.70. The molecule has 0 unspecified atom stereocenters. The molecule has 0 aliphatic carbocycles. The van der Waals surface area contributed by atoms with Crippen LogP contribution in [-0.4, -0.2) is 33.7 Å². The number of amides is 3. The van der Waals surface area contributed by atoms with Crippen molar-refractivity contribution in [1.82, 2.24) is 4.90 Å². The highest BCUT2D eigenvalue weighted by Gasteiger charge is 2.39. The van der Waals surface area contributed by atoms with E-state index >= 15 is 0 Å². The SMILES string of the molecule is CCCN1C(=O)S[C@@H](CC(=O)Nc2cccc3ccccc23)C1=O. The maximum absolute atomic E-state index is 12.3. The van der Waals surface area contributed by atoms with E-state index in [1.165, 1.54) is 4.90 Å². The summed E-state index contributed by atoms with van der Waals surface area (Å²) in [6.07, 6.45) is 0.714. The van der Waals surface area contributed by atoms with Crippen molar-refractivity contribution in [3.8, 4) is 0 Å². The second kappa shape index (κ2) is 7.05. The molecule has 1 aliphatic rings. The lowest BCUT2D eigenvalue weighted by Gasteiger charge is -2.12. The summed E-state index contributed by atoms with van der Waals surface area (Å²) >= 11 is 0.941. The van der Waals surface area contributed by atoms with E-state index in [0.29, 0.717) is 18.7 Å². The number of rotatable bonds is 5. The molecular weight excluding hydrogens is 324 g/mol. The van der Waals surface area contributed by atoms with Gasteiger partial charge in [0.25, 0.3) is 5.24 Å². The number of nitrogens with one attached hydrogen (secondary N) is 1. The minimum atomic E-state index is -0.626. The van der Waals surface area contributed by atoms with Crippen LogP contribution in [-0.2, 0) is 9.59 Å². The summed E-state index contributed by atoms with van der Waals surface area (Å²) in [5.41, 5.74) is 0.713. The highest BCUT2D eigenvalue weighted by Crippen LogP contribution is 2.30. The van der Waals surface area contributed by atoms with Crippen molar-refractivity contribution in [2.24, 2.45) is 0 Å². The normalized spacial score (nSPS) is 17.5. The molecule has 1 fully saturated rings. The molecule has 1 heterocycles. The second-order valence-corrected chi connectivity index (χ2v) is 6.80. The molecule has 0 spiro atoms. The zero-order valence-electron chi connectivity index (χ0n) is 13.3. The van der Waals surface area contributed by atoms with E-state index in [0.717, 1.165) is 22.5 Å². The minimum absolute atomic E-state index is 0.00131. The summed E-state index contributed by atoms with van der Waals surface area (Å²) in [4.78, 5) is 37.6. The van der Waals surface area contributed by atoms with Gasteiger partial charge in [0.2, 0.25) is 11.8 Å². The Morgan fingerprint density at radius 3 is 2.71 bits per heavy atom. The van der Waals surface area contributed by atoms with Gasteiger partial charge in [0.05, 0.1) is 0 Å². The van der Waals surface area contributed by atoms with Crippen molar-refractivity contribution in [3.63, 3.8) is 0 Å². The van der Waals surface area contributed by atoms with Crippen LogP contribution < -0.4 is 5.32 Å². The Labute approximate surface area is 144 Å². The van der Waals surface area contributed by atoms with Crippen LogP contribution in [0.3, 0.4) is 0 Å². The third kappa shape index (κ3) is 3.28. The van der Waals surface area contributed by atoms with Gasteiger partial charge >= 0.3 is 0 Å². The molecule has 0 radical (unpaired) electrons. The number of hydrogen-bond donors (Lipinski definition) is 1. The Morgan fingerprint density at radius 2 is 1.92 bits per heavy atom. The summed E-state index contributed by atoms with van der Waals surface area (Å²) < 4.78 is 0. The smallest absolute Gasteiger partial charge is 0.289 e. The molecule has 0 bridgehead atoms. The number of nitrogens with zero attached hydrogens (tertiary/aromatic N) is 1. The molecule has 1 N–H and O–H groups in total. The molecule has 0 aromatic heterocycles. The quantitative estimate of drug-likeness (QED) is 0.901. The maximum Gasteiger partial charge on any atom is 0.289 e. The molecular formula is C18H18N2O3S. The fourth-order valence-electron chi connectivity index (χ4n) is 2.76. The molecule has 3 amide bonds. The molecule has 2 aromatic rings. The molecule has 5 nitrogen and oxygen atoms in total. The van der Waals surface area contributed by atoms with E-state index in [2.05, 4.69) is 5.32 Å². The van der Waals surface area contributed by atoms with Crippen LogP contribution in [0.2, 0.25) is 0 Å².